The molecular formula is C17H28FN3. The molecule has 1 aliphatic rings. The van der Waals surface area contributed by atoms with Crippen molar-refractivity contribution in [2.75, 3.05) is 18.5 Å². The third-order valence-corrected chi connectivity index (χ3v) is 4.36. The van der Waals surface area contributed by atoms with Gasteiger partial charge in [0, 0.05) is 25.2 Å². The van der Waals surface area contributed by atoms with Crippen LogP contribution in [0.4, 0.5) is 10.2 Å². The van der Waals surface area contributed by atoms with Gasteiger partial charge in [-0.3, -0.25) is 0 Å². The second kappa shape index (κ2) is 8.32. The molecule has 1 aliphatic carbocycles. The Labute approximate surface area is 127 Å². The summed E-state index contributed by atoms with van der Waals surface area (Å²) in [7, 11) is 2.11. The zero-order valence-corrected chi connectivity index (χ0v) is 13.4. The molecule has 1 fully saturated rings. The molecule has 0 bridgehead atoms. The highest BCUT2D eigenvalue weighted by Gasteiger charge is 2.20. The summed E-state index contributed by atoms with van der Waals surface area (Å²) in [5.74, 6) is 0.688. The van der Waals surface area contributed by atoms with Gasteiger partial charge in [0.1, 0.15) is 11.6 Å². The number of anilines is 1. The third-order valence-electron chi connectivity index (χ3n) is 4.36. The van der Waals surface area contributed by atoms with E-state index in [-0.39, 0.29) is 5.82 Å². The van der Waals surface area contributed by atoms with Crippen LogP contribution in [0.25, 0.3) is 0 Å². The molecule has 0 unspecified atom stereocenters. The van der Waals surface area contributed by atoms with Gasteiger partial charge in [0.15, 0.2) is 0 Å². The summed E-state index contributed by atoms with van der Waals surface area (Å²) < 4.78 is 13.5. The van der Waals surface area contributed by atoms with Gasteiger partial charge in [0.2, 0.25) is 0 Å². The Kier molecular flexibility index (Phi) is 6.43. The largest absolute Gasteiger partial charge is 0.356 e. The molecule has 118 valence electrons. The van der Waals surface area contributed by atoms with Crippen molar-refractivity contribution < 1.29 is 4.39 Å². The molecule has 1 heterocycles. The van der Waals surface area contributed by atoms with Gasteiger partial charge in [-0.15, -0.1) is 0 Å². The second-order valence-corrected chi connectivity index (χ2v) is 6.07. The number of nitrogens with zero attached hydrogens (tertiary/aromatic N) is 2. The van der Waals surface area contributed by atoms with E-state index in [0.717, 1.165) is 24.3 Å². The lowest BCUT2D eigenvalue weighted by molar-refractivity contribution is 0.543. The zero-order chi connectivity index (χ0) is 15.1. The van der Waals surface area contributed by atoms with Gasteiger partial charge in [-0.2, -0.15) is 0 Å². The van der Waals surface area contributed by atoms with Gasteiger partial charge < -0.3 is 10.2 Å². The summed E-state index contributed by atoms with van der Waals surface area (Å²) in [6.45, 7) is 3.77. The highest BCUT2D eigenvalue weighted by molar-refractivity contribution is 5.47. The van der Waals surface area contributed by atoms with Crippen LogP contribution in [0.1, 0.15) is 57.4 Å². The van der Waals surface area contributed by atoms with Crippen LogP contribution in [0.5, 0.6) is 0 Å². The maximum Gasteiger partial charge on any atom is 0.141 e. The van der Waals surface area contributed by atoms with Crippen LogP contribution in [0.3, 0.4) is 0 Å². The van der Waals surface area contributed by atoms with Crippen LogP contribution >= 0.6 is 0 Å². The average molecular weight is 293 g/mol. The van der Waals surface area contributed by atoms with Crippen LogP contribution < -0.4 is 10.2 Å². The Bertz CT molecular complexity index is 428. The fraction of sp³-hybridized carbons (Fsp3) is 0.706. The zero-order valence-electron chi connectivity index (χ0n) is 13.4. The fourth-order valence-corrected chi connectivity index (χ4v) is 3.14. The number of aromatic nitrogens is 1. The number of pyridine rings is 1. The van der Waals surface area contributed by atoms with Gasteiger partial charge in [-0.25, -0.2) is 9.37 Å². The first-order valence-corrected chi connectivity index (χ1v) is 8.30. The molecule has 0 aliphatic heterocycles. The van der Waals surface area contributed by atoms with E-state index in [9.17, 15) is 4.39 Å². The lowest BCUT2D eigenvalue weighted by Crippen LogP contribution is -2.33. The highest BCUT2D eigenvalue weighted by Crippen LogP contribution is 2.26. The molecule has 4 heteroatoms. The predicted octanol–water partition coefficient (Wildman–Crippen LogP) is 3.88. The maximum atomic E-state index is 13.5. The lowest BCUT2D eigenvalue weighted by Gasteiger charge is -2.30. The van der Waals surface area contributed by atoms with E-state index in [0.29, 0.717) is 12.6 Å². The number of rotatable bonds is 6. The fourth-order valence-electron chi connectivity index (χ4n) is 3.14. The Balaban J connectivity index is 2.12. The number of hydrogen-bond acceptors (Lipinski definition) is 3. The van der Waals surface area contributed by atoms with Crippen LogP contribution in [0, 0.1) is 5.82 Å². The first-order chi connectivity index (χ1) is 10.2. The number of halogens is 1. The van der Waals surface area contributed by atoms with E-state index in [2.05, 4.69) is 29.2 Å². The standard InChI is InChI=1S/C17H28FN3/c1-3-10-19-12-14-11-15(18)13-20-17(14)21(2)16-8-6-4-5-7-9-16/h11,13,16,19H,3-10,12H2,1-2H3. The Morgan fingerprint density at radius 3 is 2.67 bits per heavy atom. The molecule has 1 saturated carbocycles. The molecule has 1 aromatic rings. The Morgan fingerprint density at radius 1 is 1.29 bits per heavy atom. The monoisotopic (exact) mass is 293 g/mol. The van der Waals surface area contributed by atoms with Crippen molar-refractivity contribution in [1.82, 2.24) is 10.3 Å². The van der Waals surface area contributed by atoms with Gasteiger partial charge in [0.05, 0.1) is 6.20 Å². The van der Waals surface area contributed by atoms with Gasteiger partial charge in [0.25, 0.3) is 0 Å². The molecule has 0 saturated heterocycles. The van der Waals surface area contributed by atoms with Crippen LogP contribution in [0.15, 0.2) is 12.3 Å². The highest BCUT2D eigenvalue weighted by atomic mass is 19.1. The second-order valence-electron chi connectivity index (χ2n) is 6.07. The first-order valence-electron chi connectivity index (χ1n) is 8.30. The van der Waals surface area contributed by atoms with Gasteiger partial charge in [-0.1, -0.05) is 32.6 Å². The van der Waals surface area contributed by atoms with Crippen molar-refractivity contribution in [3.8, 4) is 0 Å². The molecule has 0 spiro atoms. The van der Waals surface area contributed by atoms with Gasteiger partial charge in [-0.05, 0) is 31.9 Å². The van der Waals surface area contributed by atoms with E-state index >= 15 is 0 Å². The summed E-state index contributed by atoms with van der Waals surface area (Å²) in [6.07, 6.45) is 10.1. The number of nitrogens with one attached hydrogen (secondary N) is 1. The van der Waals surface area contributed by atoms with Crippen molar-refractivity contribution in [2.45, 2.75) is 64.5 Å². The minimum Gasteiger partial charge on any atom is -0.356 e. The molecule has 0 radical (unpaired) electrons. The van der Waals surface area contributed by atoms with E-state index in [1.54, 1.807) is 6.07 Å². The van der Waals surface area contributed by atoms with E-state index in [1.807, 2.05) is 0 Å². The van der Waals surface area contributed by atoms with E-state index in [4.69, 9.17) is 0 Å². The van der Waals surface area contributed by atoms with Gasteiger partial charge >= 0.3 is 0 Å². The van der Waals surface area contributed by atoms with Crippen LogP contribution in [-0.4, -0.2) is 24.6 Å². The molecular weight excluding hydrogens is 265 g/mol. The Morgan fingerprint density at radius 2 is 2.00 bits per heavy atom. The summed E-state index contributed by atoms with van der Waals surface area (Å²) in [5.41, 5.74) is 0.968. The van der Waals surface area contributed by atoms with Crippen LogP contribution in [0.2, 0.25) is 0 Å². The van der Waals surface area contributed by atoms with Crippen molar-refractivity contribution in [2.24, 2.45) is 0 Å². The maximum absolute atomic E-state index is 13.5. The smallest absolute Gasteiger partial charge is 0.141 e. The topological polar surface area (TPSA) is 28.2 Å². The molecule has 1 N–H and O–H groups in total. The summed E-state index contributed by atoms with van der Waals surface area (Å²) in [5, 5.41) is 3.36. The quantitative estimate of drug-likeness (QED) is 0.637. The number of hydrogen-bond donors (Lipinski definition) is 1. The van der Waals surface area contributed by atoms with Crippen molar-refractivity contribution in [3.63, 3.8) is 0 Å². The molecule has 0 amide bonds. The summed E-state index contributed by atoms with van der Waals surface area (Å²) in [4.78, 5) is 6.65. The van der Waals surface area contributed by atoms with E-state index in [1.165, 1.54) is 44.7 Å². The molecule has 0 aromatic carbocycles. The summed E-state index contributed by atoms with van der Waals surface area (Å²) >= 11 is 0. The van der Waals surface area contributed by atoms with Crippen LogP contribution in [-0.2, 0) is 6.54 Å². The molecule has 1 aromatic heterocycles. The van der Waals surface area contributed by atoms with Crippen molar-refractivity contribution >= 4 is 5.82 Å². The normalized spacial score (nSPS) is 16.7. The molecule has 3 nitrogen and oxygen atoms in total. The first kappa shape index (κ1) is 16.2. The predicted molar refractivity (Wildman–Crippen MR) is 86.1 cm³/mol. The molecule has 2 rings (SSSR count). The molecule has 21 heavy (non-hydrogen) atoms. The average Bonchev–Trinajstić information content (AvgIpc) is 2.76. The van der Waals surface area contributed by atoms with Crippen molar-refractivity contribution in [1.29, 1.82) is 0 Å². The Hall–Kier alpha value is -1.16. The van der Waals surface area contributed by atoms with E-state index < -0.39 is 0 Å². The SMILES string of the molecule is CCCNCc1cc(F)cnc1N(C)C1CCCCCC1. The minimum absolute atomic E-state index is 0.249. The molecule has 0 atom stereocenters. The van der Waals surface area contributed by atoms with Crippen molar-refractivity contribution in [3.05, 3.63) is 23.6 Å². The summed E-state index contributed by atoms with van der Waals surface area (Å²) in [6, 6.07) is 2.16. The minimum atomic E-state index is -0.249. The lowest BCUT2D eigenvalue weighted by atomic mass is 10.1. The third kappa shape index (κ3) is 4.67.